The van der Waals surface area contributed by atoms with Gasteiger partial charge in [-0.1, -0.05) is 18.6 Å². The second-order valence-corrected chi connectivity index (χ2v) is 5.98. The number of hydrogen-bond donors (Lipinski definition) is 2. The molecule has 1 aliphatic rings. The maximum Gasteiger partial charge on any atom is 0.136 e. The lowest BCUT2D eigenvalue weighted by Crippen LogP contribution is -2.41. The van der Waals surface area contributed by atoms with E-state index in [1.54, 1.807) is 0 Å². The lowest BCUT2D eigenvalue weighted by atomic mass is 10.1. The van der Waals surface area contributed by atoms with Crippen molar-refractivity contribution in [1.29, 1.82) is 0 Å². The standard InChI is InChI=1S/C15H24N4S/c1-11-6-7-13(14(16)20)15(18-11)17-10-12(2)19-8-4-3-5-9-19/h6-7,12H,3-5,8-10H2,1-2H3,(H2,16,20)(H,17,18). The number of thiocarbonyl (C=S) groups is 1. The number of pyridine rings is 1. The van der Waals surface area contributed by atoms with Crippen LogP contribution < -0.4 is 11.1 Å². The number of likely N-dealkylation sites (tertiary alicyclic amines) is 1. The minimum Gasteiger partial charge on any atom is -0.389 e. The van der Waals surface area contributed by atoms with E-state index in [0.29, 0.717) is 11.0 Å². The van der Waals surface area contributed by atoms with Gasteiger partial charge in [-0.3, -0.25) is 4.90 Å². The van der Waals surface area contributed by atoms with Crippen molar-refractivity contribution in [2.45, 2.75) is 39.2 Å². The van der Waals surface area contributed by atoms with E-state index >= 15 is 0 Å². The molecule has 20 heavy (non-hydrogen) atoms. The zero-order chi connectivity index (χ0) is 14.5. The predicted octanol–water partition coefficient (Wildman–Crippen LogP) is 2.31. The van der Waals surface area contributed by atoms with Crippen molar-refractivity contribution < 1.29 is 0 Å². The van der Waals surface area contributed by atoms with Crippen LogP contribution in [0.1, 0.15) is 37.4 Å². The predicted molar refractivity (Wildman–Crippen MR) is 88.2 cm³/mol. The molecule has 0 spiro atoms. The monoisotopic (exact) mass is 292 g/mol. The van der Waals surface area contributed by atoms with Crippen LogP contribution in [0, 0.1) is 6.92 Å². The Morgan fingerprint density at radius 1 is 1.40 bits per heavy atom. The van der Waals surface area contributed by atoms with Gasteiger partial charge < -0.3 is 11.1 Å². The van der Waals surface area contributed by atoms with Crippen LogP contribution in [0.2, 0.25) is 0 Å². The second kappa shape index (κ2) is 6.99. The molecule has 1 fully saturated rings. The molecular weight excluding hydrogens is 268 g/mol. The molecule has 1 aliphatic heterocycles. The van der Waals surface area contributed by atoms with Gasteiger partial charge in [0.25, 0.3) is 0 Å². The molecule has 0 saturated carbocycles. The Morgan fingerprint density at radius 2 is 2.10 bits per heavy atom. The number of nitrogens with one attached hydrogen (secondary N) is 1. The van der Waals surface area contributed by atoms with Gasteiger partial charge >= 0.3 is 0 Å². The molecule has 0 aliphatic carbocycles. The molecule has 0 radical (unpaired) electrons. The van der Waals surface area contributed by atoms with Gasteiger partial charge in [-0.2, -0.15) is 0 Å². The summed E-state index contributed by atoms with van der Waals surface area (Å²) in [7, 11) is 0. The number of hydrogen-bond acceptors (Lipinski definition) is 4. The third-order valence-electron chi connectivity index (χ3n) is 3.88. The largest absolute Gasteiger partial charge is 0.389 e. The van der Waals surface area contributed by atoms with Crippen molar-refractivity contribution in [1.82, 2.24) is 9.88 Å². The van der Waals surface area contributed by atoms with Gasteiger partial charge in [-0.25, -0.2) is 4.98 Å². The van der Waals surface area contributed by atoms with Crippen molar-refractivity contribution in [3.8, 4) is 0 Å². The van der Waals surface area contributed by atoms with Crippen LogP contribution in [0.4, 0.5) is 5.82 Å². The Labute approximate surface area is 126 Å². The molecular formula is C15H24N4S. The van der Waals surface area contributed by atoms with Gasteiger partial charge in [0.05, 0.1) is 5.56 Å². The average molecular weight is 292 g/mol. The van der Waals surface area contributed by atoms with Gasteiger partial charge in [0.1, 0.15) is 10.8 Å². The third-order valence-corrected chi connectivity index (χ3v) is 4.10. The molecule has 4 nitrogen and oxygen atoms in total. The number of anilines is 1. The van der Waals surface area contributed by atoms with Crippen LogP contribution in [0.15, 0.2) is 12.1 Å². The normalized spacial score (nSPS) is 17.7. The van der Waals surface area contributed by atoms with Crippen LogP contribution in [0.5, 0.6) is 0 Å². The first-order valence-electron chi connectivity index (χ1n) is 7.33. The summed E-state index contributed by atoms with van der Waals surface area (Å²) in [5.41, 5.74) is 7.56. The first-order valence-corrected chi connectivity index (χ1v) is 7.74. The fourth-order valence-corrected chi connectivity index (χ4v) is 2.79. The summed E-state index contributed by atoms with van der Waals surface area (Å²) in [6.45, 7) is 7.50. The maximum absolute atomic E-state index is 5.75. The fraction of sp³-hybridized carbons (Fsp3) is 0.600. The summed E-state index contributed by atoms with van der Waals surface area (Å²) in [6.07, 6.45) is 3.98. The number of aromatic nitrogens is 1. The lowest BCUT2D eigenvalue weighted by Gasteiger charge is -2.32. The van der Waals surface area contributed by atoms with E-state index in [0.717, 1.165) is 23.6 Å². The van der Waals surface area contributed by atoms with E-state index in [4.69, 9.17) is 18.0 Å². The third kappa shape index (κ3) is 3.90. The van der Waals surface area contributed by atoms with E-state index < -0.39 is 0 Å². The summed E-state index contributed by atoms with van der Waals surface area (Å²) >= 11 is 5.09. The van der Waals surface area contributed by atoms with Gasteiger partial charge in [0.2, 0.25) is 0 Å². The van der Waals surface area contributed by atoms with Crippen LogP contribution in [0.3, 0.4) is 0 Å². The number of aryl methyl sites for hydroxylation is 1. The smallest absolute Gasteiger partial charge is 0.136 e. The number of nitrogens with zero attached hydrogens (tertiary/aromatic N) is 2. The van der Waals surface area contributed by atoms with E-state index in [2.05, 4.69) is 22.1 Å². The highest BCUT2D eigenvalue weighted by molar-refractivity contribution is 7.80. The zero-order valence-electron chi connectivity index (χ0n) is 12.4. The number of nitrogens with two attached hydrogens (primary N) is 1. The first kappa shape index (κ1) is 15.2. The van der Waals surface area contributed by atoms with Crippen molar-refractivity contribution >= 4 is 23.0 Å². The lowest BCUT2D eigenvalue weighted by molar-refractivity contribution is 0.180. The van der Waals surface area contributed by atoms with Crippen molar-refractivity contribution in [3.05, 3.63) is 23.4 Å². The van der Waals surface area contributed by atoms with Gasteiger partial charge in [-0.15, -0.1) is 0 Å². The van der Waals surface area contributed by atoms with Crippen LogP contribution in [-0.4, -0.2) is 40.5 Å². The zero-order valence-corrected chi connectivity index (χ0v) is 13.2. The highest BCUT2D eigenvalue weighted by atomic mass is 32.1. The topological polar surface area (TPSA) is 54.2 Å². The van der Waals surface area contributed by atoms with E-state index in [9.17, 15) is 0 Å². The Balaban J connectivity index is 1.99. The highest BCUT2D eigenvalue weighted by Crippen LogP contribution is 2.16. The molecule has 3 N–H and O–H groups in total. The van der Waals surface area contributed by atoms with E-state index in [1.165, 1.54) is 32.4 Å². The Kier molecular flexibility index (Phi) is 5.31. The maximum atomic E-state index is 5.75. The molecule has 5 heteroatoms. The fourth-order valence-electron chi connectivity index (χ4n) is 2.62. The molecule has 2 rings (SSSR count). The minimum absolute atomic E-state index is 0.394. The average Bonchev–Trinajstić information content (AvgIpc) is 2.45. The quantitative estimate of drug-likeness (QED) is 0.816. The Hall–Kier alpha value is -1.20. The molecule has 1 aromatic heterocycles. The molecule has 110 valence electrons. The summed E-state index contributed by atoms with van der Waals surface area (Å²) in [5, 5.41) is 3.41. The first-order chi connectivity index (χ1) is 9.58. The second-order valence-electron chi connectivity index (χ2n) is 5.54. The SMILES string of the molecule is Cc1ccc(C(N)=S)c(NCC(C)N2CCCCC2)n1. The number of piperidine rings is 1. The van der Waals surface area contributed by atoms with Crippen LogP contribution in [-0.2, 0) is 0 Å². The van der Waals surface area contributed by atoms with E-state index in [1.807, 2.05) is 19.1 Å². The van der Waals surface area contributed by atoms with Gasteiger partial charge in [-0.05, 0) is 51.9 Å². The number of rotatable bonds is 5. The molecule has 0 amide bonds. The van der Waals surface area contributed by atoms with Crippen molar-refractivity contribution in [3.63, 3.8) is 0 Å². The summed E-state index contributed by atoms with van der Waals surface area (Å²) < 4.78 is 0. The molecule has 0 aromatic carbocycles. The van der Waals surface area contributed by atoms with Gasteiger partial charge in [0.15, 0.2) is 0 Å². The molecule has 2 heterocycles. The van der Waals surface area contributed by atoms with Gasteiger partial charge in [0, 0.05) is 18.3 Å². The molecule has 0 bridgehead atoms. The molecule has 1 saturated heterocycles. The molecule has 1 unspecified atom stereocenters. The Morgan fingerprint density at radius 3 is 2.75 bits per heavy atom. The molecule has 1 aromatic rings. The highest BCUT2D eigenvalue weighted by Gasteiger charge is 2.17. The summed E-state index contributed by atoms with van der Waals surface area (Å²) in [5.74, 6) is 0.807. The minimum atomic E-state index is 0.394. The van der Waals surface area contributed by atoms with Crippen molar-refractivity contribution in [2.75, 3.05) is 25.0 Å². The van der Waals surface area contributed by atoms with Crippen LogP contribution >= 0.6 is 12.2 Å². The van der Waals surface area contributed by atoms with Crippen molar-refractivity contribution in [2.24, 2.45) is 5.73 Å². The van der Waals surface area contributed by atoms with E-state index in [-0.39, 0.29) is 0 Å². The summed E-state index contributed by atoms with van der Waals surface area (Å²) in [4.78, 5) is 7.44. The molecule has 1 atom stereocenters. The Bertz CT molecular complexity index is 469. The summed E-state index contributed by atoms with van der Waals surface area (Å²) in [6, 6.07) is 4.38. The van der Waals surface area contributed by atoms with Crippen LogP contribution in [0.25, 0.3) is 0 Å².